The fourth-order valence-electron chi connectivity index (χ4n) is 3.91. The molecule has 1 aromatic carbocycles. The highest BCUT2D eigenvalue weighted by atomic mass is 16.2. The molecule has 0 radical (unpaired) electrons. The smallest absolute Gasteiger partial charge is 0.253 e. The van der Waals surface area contributed by atoms with Crippen molar-refractivity contribution in [1.29, 1.82) is 0 Å². The van der Waals surface area contributed by atoms with Gasteiger partial charge in [-0.3, -0.25) is 4.79 Å². The van der Waals surface area contributed by atoms with Crippen LogP contribution in [0, 0.1) is 0 Å². The Hall–Kier alpha value is -2.82. The largest absolute Gasteiger partial charge is 0.371 e. The molecule has 3 aromatic rings. The quantitative estimate of drug-likeness (QED) is 0.787. The van der Waals surface area contributed by atoms with E-state index in [-0.39, 0.29) is 11.3 Å². The maximum Gasteiger partial charge on any atom is 0.253 e. The van der Waals surface area contributed by atoms with Crippen LogP contribution in [0.25, 0.3) is 5.52 Å². The molecule has 1 amide bonds. The Balaban J connectivity index is 1.66. The third kappa shape index (κ3) is 2.83. The van der Waals surface area contributed by atoms with Crippen LogP contribution in [0.5, 0.6) is 0 Å². The van der Waals surface area contributed by atoms with E-state index in [2.05, 4.69) is 28.9 Å². The van der Waals surface area contributed by atoms with Crippen molar-refractivity contribution in [2.24, 2.45) is 0 Å². The number of nitrogens with one attached hydrogen (secondary N) is 1. The third-order valence-corrected chi connectivity index (χ3v) is 5.37. The maximum atomic E-state index is 12.9. The predicted molar refractivity (Wildman–Crippen MR) is 104 cm³/mol. The highest BCUT2D eigenvalue weighted by molar-refractivity contribution is 5.94. The van der Waals surface area contributed by atoms with Crippen molar-refractivity contribution in [2.75, 3.05) is 25.5 Å². The number of piperidine rings is 1. The van der Waals surface area contributed by atoms with Crippen molar-refractivity contribution in [2.45, 2.75) is 25.2 Å². The van der Waals surface area contributed by atoms with Crippen LogP contribution >= 0.6 is 0 Å². The Labute approximate surface area is 153 Å². The van der Waals surface area contributed by atoms with Crippen LogP contribution in [0.1, 0.15) is 35.8 Å². The van der Waals surface area contributed by atoms with Crippen molar-refractivity contribution in [1.82, 2.24) is 14.3 Å². The first-order valence-electron chi connectivity index (χ1n) is 9.11. The van der Waals surface area contributed by atoms with E-state index in [4.69, 9.17) is 4.98 Å². The number of carbonyl (C=O) groups is 1. The SMILES string of the molecule is CNc1nc([C@]2(C)CCCN(C(=O)c3ccccc3)C2)cn2cccc12. The van der Waals surface area contributed by atoms with Crippen LogP contribution in [0.2, 0.25) is 0 Å². The van der Waals surface area contributed by atoms with Gasteiger partial charge in [0.25, 0.3) is 5.91 Å². The zero-order valence-electron chi connectivity index (χ0n) is 15.3. The Morgan fingerprint density at radius 3 is 2.77 bits per heavy atom. The van der Waals surface area contributed by atoms with E-state index < -0.39 is 0 Å². The minimum atomic E-state index is -0.160. The summed E-state index contributed by atoms with van der Waals surface area (Å²) >= 11 is 0. The molecule has 0 spiro atoms. The molecule has 1 atom stereocenters. The van der Waals surface area contributed by atoms with Gasteiger partial charge in [-0.25, -0.2) is 4.98 Å². The summed E-state index contributed by atoms with van der Waals surface area (Å²) in [5, 5.41) is 3.20. The van der Waals surface area contributed by atoms with Crippen LogP contribution in [-0.4, -0.2) is 40.3 Å². The normalized spacial score (nSPS) is 20.3. The minimum Gasteiger partial charge on any atom is -0.371 e. The molecule has 1 aliphatic heterocycles. The Kier molecular flexibility index (Phi) is 4.15. The van der Waals surface area contributed by atoms with Crippen LogP contribution in [0.15, 0.2) is 54.9 Å². The summed E-state index contributed by atoms with van der Waals surface area (Å²) in [5.41, 5.74) is 2.68. The topological polar surface area (TPSA) is 49.6 Å². The highest BCUT2D eigenvalue weighted by Gasteiger charge is 2.36. The number of fused-ring (bicyclic) bond motifs is 1. The molecular weight excluding hydrogens is 324 g/mol. The number of hydrogen-bond acceptors (Lipinski definition) is 3. The van der Waals surface area contributed by atoms with E-state index in [1.54, 1.807) is 0 Å². The van der Waals surface area contributed by atoms with Gasteiger partial charge in [0, 0.05) is 43.5 Å². The van der Waals surface area contributed by atoms with E-state index in [0.717, 1.165) is 42.0 Å². The average Bonchev–Trinajstić information content (AvgIpc) is 3.16. The van der Waals surface area contributed by atoms with Crippen molar-refractivity contribution in [3.05, 3.63) is 66.1 Å². The summed E-state index contributed by atoms with van der Waals surface area (Å²) in [7, 11) is 1.90. The van der Waals surface area contributed by atoms with E-state index in [1.165, 1.54) is 0 Å². The van der Waals surface area contributed by atoms with Gasteiger partial charge in [0.05, 0.1) is 11.2 Å². The van der Waals surface area contributed by atoms with Crippen molar-refractivity contribution >= 4 is 17.2 Å². The number of nitrogens with zero attached hydrogens (tertiary/aromatic N) is 3. The number of likely N-dealkylation sites (tertiary alicyclic amines) is 1. The second-order valence-corrected chi connectivity index (χ2v) is 7.28. The van der Waals surface area contributed by atoms with Crippen LogP contribution in [0.4, 0.5) is 5.82 Å². The molecular formula is C21H24N4O. The summed E-state index contributed by atoms with van der Waals surface area (Å²) in [6, 6.07) is 13.6. The van der Waals surface area contributed by atoms with Gasteiger partial charge in [0.2, 0.25) is 0 Å². The second-order valence-electron chi connectivity index (χ2n) is 7.28. The number of carbonyl (C=O) groups excluding carboxylic acids is 1. The van der Waals surface area contributed by atoms with Crippen molar-refractivity contribution in [3.8, 4) is 0 Å². The molecule has 0 aliphatic carbocycles. The van der Waals surface area contributed by atoms with Crippen LogP contribution in [-0.2, 0) is 5.41 Å². The second kappa shape index (κ2) is 6.48. The summed E-state index contributed by atoms with van der Waals surface area (Å²) in [5.74, 6) is 0.979. The van der Waals surface area contributed by atoms with E-state index in [0.29, 0.717) is 6.54 Å². The highest BCUT2D eigenvalue weighted by Crippen LogP contribution is 2.34. The number of anilines is 1. The zero-order valence-corrected chi connectivity index (χ0v) is 15.3. The molecule has 0 unspecified atom stereocenters. The summed E-state index contributed by atoms with van der Waals surface area (Å²) < 4.78 is 2.11. The molecule has 1 aliphatic rings. The van der Waals surface area contributed by atoms with Gasteiger partial charge < -0.3 is 14.6 Å². The molecule has 1 N–H and O–H groups in total. The minimum absolute atomic E-state index is 0.104. The molecule has 0 bridgehead atoms. The van der Waals surface area contributed by atoms with E-state index >= 15 is 0 Å². The summed E-state index contributed by atoms with van der Waals surface area (Å²) in [6.45, 7) is 3.70. The first-order valence-corrected chi connectivity index (χ1v) is 9.11. The fraction of sp³-hybridized carbons (Fsp3) is 0.333. The molecule has 0 saturated carbocycles. The number of hydrogen-bond donors (Lipinski definition) is 1. The van der Waals surface area contributed by atoms with Gasteiger partial charge in [0.15, 0.2) is 0 Å². The molecule has 5 heteroatoms. The predicted octanol–water partition coefficient (Wildman–Crippen LogP) is 3.57. The lowest BCUT2D eigenvalue weighted by Crippen LogP contribution is -2.47. The fourth-order valence-corrected chi connectivity index (χ4v) is 3.91. The Morgan fingerprint density at radius 2 is 2.00 bits per heavy atom. The van der Waals surface area contributed by atoms with Gasteiger partial charge in [-0.2, -0.15) is 0 Å². The lowest BCUT2D eigenvalue weighted by molar-refractivity contribution is 0.0647. The lowest BCUT2D eigenvalue weighted by atomic mass is 9.79. The molecule has 2 aromatic heterocycles. The average molecular weight is 348 g/mol. The standard InChI is InChI=1S/C21H24N4O/c1-21(18-14-24-12-6-10-17(24)19(22-2)23-18)11-7-13-25(15-21)20(26)16-8-4-3-5-9-16/h3-6,8-10,12,14H,7,11,13,15H2,1-2H3,(H,22,23)/t21-/m1/s1. The van der Waals surface area contributed by atoms with Gasteiger partial charge in [-0.05, 0) is 37.1 Å². The summed E-state index contributed by atoms with van der Waals surface area (Å²) in [6.07, 6.45) is 6.15. The van der Waals surface area contributed by atoms with Gasteiger partial charge in [-0.15, -0.1) is 0 Å². The number of benzene rings is 1. The first kappa shape index (κ1) is 16.6. The molecule has 134 valence electrons. The first-order chi connectivity index (χ1) is 12.6. The van der Waals surface area contributed by atoms with Gasteiger partial charge >= 0.3 is 0 Å². The van der Waals surface area contributed by atoms with Crippen LogP contribution in [0.3, 0.4) is 0 Å². The van der Waals surface area contributed by atoms with Crippen LogP contribution < -0.4 is 5.32 Å². The monoisotopic (exact) mass is 348 g/mol. The molecule has 5 nitrogen and oxygen atoms in total. The Morgan fingerprint density at radius 1 is 1.19 bits per heavy atom. The number of aromatic nitrogens is 2. The lowest BCUT2D eigenvalue weighted by Gasteiger charge is -2.40. The Bertz CT molecular complexity index is 934. The van der Waals surface area contributed by atoms with Gasteiger partial charge in [0.1, 0.15) is 5.82 Å². The summed E-state index contributed by atoms with van der Waals surface area (Å²) in [4.78, 5) is 19.8. The van der Waals surface area contributed by atoms with Gasteiger partial charge in [-0.1, -0.05) is 25.1 Å². The maximum absolute atomic E-state index is 12.9. The van der Waals surface area contributed by atoms with E-state index in [9.17, 15) is 4.79 Å². The molecule has 4 rings (SSSR count). The van der Waals surface area contributed by atoms with E-state index in [1.807, 2.05) is 54.5 Å². The third-order valence-electron chi connectivity index (χ3n) is 5.37. The zero-order chi connectivity index (χ0) is 18.1. The van der Waals surface area contributed by atoms with Crippen molar-refractivity contribution < 1.29 is 4.79 Å². The number of rotatable bonds is 3. The molecule has 1 fully saturated rings. The van der Waals surface area contributed by atoms with Crippen molar-refractivity contribution in [3.63, 3.8) is 0 Å². The molecule has 1 saturated heterocycles. The molecule has 26 heavy (non-hydrogen) atoms. The number of amides is 1. The molecule has 3 heterocycles.